The van der Waals surface area contributed by atoms with Gasteiger partial charge in [0.05, 0.1) is 10.2 Å². The number of hydrogen-bond donors (Lipinski definition) is 1. The summed E-state index contributed by atoms with van der Waals surface area (Å²) < 4.78 is 28.5. The third kappa shape index (κ3) is 2.57. The third-order valence-corrected chi connectivity index (χ3v) is 3.89. The van der Waals surface area contributed by atoms with Crippen molar-refractivity contribution in [3.63, 3.8) is 0 Å². The predicted octanol–water partition coefficient (Wildman–Crippen LogP) is 4.49. The Morgan fingerprint density at radius 2 is 1.78 bits per heavy atom. The highest BCUT2D eigenvalue weighted by molar-refractivity contribution is 14.1. The monoisotopic (exact) mass is 424 g/mol. The first-order valence-corrected chi connectivity index (χ1v) is 6.95. The van der Waals surface area contributed by atoms with Gasteiger partial charge in [-0.25, -0.2) is 8.78 Å². The summed E-state index contributed by atoms with van der Waals surface area (Å²) in [4.78, 5) is 0. The summed E-state index contributed by atoms with van der Waals surface area (Å²) in [6.45, 7) is -0.227. The van der Waals surface area contributed by atoms with Crippen LogP contribution in [0.5, 0.6) is 0 Å². The molecular weight excluding hydrogens is 417 g/mol. The first-order chi connectivity index (χ1) is 8.54. The van der Waals surface area contributed by atoms with Crippen molar-refractivity contribution in [2.75, 3.05) is 0 Å². The van der Waals surface area contributed by atoms with Crippen LogP contribution in [-0.4, -0.2) is 5.11 Å². The molecular formula is C13H8BrF2IO. The van der Waals surface area contributed by atoms with E-state index >= 15 is 0 Å². The van der Waals surface area contributed by atoms with E-state index in [0.29, 0.717) is 11.1 Å². The molecule has 0 saturated carbocycles. The number of aliphatic hydroxyl groups is 1. The van der Waals surface area contributed by atoms with Crippen molar-refractivity contribution in [2.45, 2.75) is 6.61 Å². The van der Waals surface area contributed by atoms with E-state index < -0.39 is 11.6 Å². The molecule has 2 aromatic rings. The standard InChI is InChI=1S/C13H8BrF2IO/c14-8-2-1-7(6-18)10(5-8)9-3-4-11(17)13(16)12(9)15/h1-5,18H,6H2. The van der Waals surface area contributed by atoms with E-state index in [2.05, 4.69) is 15.9 Å². The molecule has 0 amide bonds. The maximum Gasteiger partial charge on any atom is 0.172 e. The minimum atomic E-state index is -0.894. The Labute approximate surface area is 125 Å². The van der Waals surface area contributed by atoms with Crippen molar-refractivity contribution in [2.24, 2.45) is 0 Å². The second-order valence-corrected chi connectivity index (χ2v) is 5.76. The molecule has 0 saturated heterocycles. The summed E-state index contributed by atoms with van der Waals surface area (Å²) in [5.74, 6) is -1.76. The first kappa shape index (κ1) is 13.9. The van der Waals surface area contributed by atoms with Gasteiger partial charge >= 0.3 is 0 Å². The van der Waals surface area contributed by atoms with Crippen molar-refractivity contribution in [1.29, 1.82) is 0 Å². The largest absolute Gasteiger partial charge is 0.392 e. The number of aliphatic hydroxyl groups excluding tert-OH is 1. The van der Waals surface area contributed by atoms with Crippen LogP contribution in [0.4, 0.5) is 8.78 Å². The van der Waals surface area contributed by atoms with Crippen LogP contribution in [0.2, 0.25) is 0 Å². The second kappa shape index (κ2) is 5.63. The maximum absolute atomic E-state index is 13.9. The van der Waals surface area contributed by atoms with Crippen LogP contribution >= 0.6 is 38.5 Å². The van der Waals surface area contributed by atoms with Gasteiger partial charge in [-0.2, -0.15) is 0 Å². The molecule has 0 aromatic heterocycles. The second-order valence-electron chi connectivity index (χ2n) is 3.68. The SMILES string of the molecule is OCc1ccc(Br)cc1-c1ccc(I)c(F)c1F. The van der Waals surface area contributed by atoms with Gasteiger partial charge in [0.1, 0.15) is 0 Å². The van der Waals surface area contributed by atoms with Gasteiger partial charge in [-0.3, -0.25) is 0 Å². The Morgan fingerprint density at radius 3 is 2.44 bits per heavy atom. The summed E-state index contributed by atoms with van der Waals surface area (Å²) in [5, 5.41) is 9.25. The van der Waals surface area contributed by atoms with Crippen LogP contribution in [-0.2, 0) is 6.61 Å². The number of hydrogen-bond acceptors (Lipinski definition) is 1. The molecule has 2 rings (SSSR count). The molecule has 0 aliphatic carbocycles. The van der Waals surface area contributed by atoms with Crippen LogP contribution in [0.15, 0.2) is 34.8 Å². The Kier molecular flexibility index (Phi) is 4.34. The maximum atomic E-state index is 13.9. The van der Waals surface area contributed by atoms with Gasteiger partial charge in [0, 0.05) is 10.0 Å². The van der Waals surface area contributed by atoms with E-state index in [4.69, 9.17) is 0 Å². The van der Waals surface area contributed by atoms with Crippen LogP contribution in [0.1, 0.15) is 5.56 Å². The predicted molar refractivity (Wildman–Crippen MR) is 78.1 cm³/mol. The molecule has 0 unspecified atom stereocenters. The molecule has 0 radical (unpaired) electrons. The van der Waals surface area contributed by atoms with Crippen LogP contribution in [0, 0.1) is 15.2 Å². The Hall–Kier alpha value is -0.530. The summed E-state index contributed by atoms with van der Waals surface area (Å²) in [6.07, 6.45) is 0. The summed E-state index contributed by atoms with van der Waals surface area (Å²) in [7, 11) is 0. The Bertz CT molecular complexity index is 602. The lowest BCUT2D eigenvalue weighted by Crippen LogP contribution is -1.96. The molecule has 0 aliphatic heterocycles. The van der Waals surface area contributed by atoms with Crippen molar-refractivity contribution in [3.05, 3.63) is 55.6 Å². The average Bonchev–Trinajstić information content (AvgIpc) is 2.36. The average molecular weight is 425 g/mol. The summed E-state index contributed by atoms with van der Waals surface area (Å²) >= 11 is 5.02. The summed E-state index contributed by atoms with van der Waals surface area (Å²) in [6, 6.07) is 8.11. The Morgan fingerprint density at radius 1 is 1.06 bits per heavy atom. The normalized spacial score (nSPS) is 10.7. The highest BCUT2D eigenvalue weighted by atomic mass is 127. The van der Waals surface area contributed by atoms with E-state index in [1.165, 1.54) is 12.1 Å². The van der Waals surface area contributed by atoms with Gasteiger partial charge < -0.3 is 5.11 Å². The smallest absolute Gasteiger partial charge is 0.172 e. The molecule has 0 spiro atoms. The quantitative estimate of drug-likeness (QED) is 0.556. The minimum Gasteiger partial charge on any atom is -0.392 e. The summed E-state index contributed by atoms with van der Waals surface area (Å²) in [5.41, 5.74) is 1.19. The molecule has 94 valence electrons. The van der Waals surface area contributed by atoms with Crippen molar-refractivity contribution in [3.8, 4) is 11.1 Å². The molecule has 2 aromatic carbocycles. The molecule has 0 fully saturated rings. The van der Waals surface area contributed by atoms with Gasteiger partial charge in [-0.05, 0) is 51.9 Å². The fourth-order valence-corrected chi connectivity index (χ4v) is 2.45. The zero-order valence-corrected chi connectivity index (χ0v) is 12.8. The van der Waals surface area contributed by atoms with E-state index in [1.54, 1.807) is 40.8 Å². The zero-order valence-electron chi connectivity index (χ0n) is 9.05. The van der Waals surface area contributed by atoms with Crippen LogP contribution < -0.4 is 0 Å². The molecule has 0 atom stereocenters. The van der Waals surface area contributed by atoms with E-state index in [0.717, 1.165) is 4.47 Å². The highest BCUT2D eigenvalue weighted by Crippen LogP contribution is 2.31. The topological polar surface area (TPSA) is 20.2 Å². The fourth-order valence-electron chi connectivity index (χ4n) is 1.67. The van der Waals surface area contributed by atoms with E-state index in [1.807, 2.05) is 0 Å². The van der Waals surface area contributed by atoms with Gasteiger partial charge in [0.15, 0.2) is 11.6 Å². The molecule has 1 nitrogen and oxygen atoms in total. The fraction of sp³-hybridized carbons (Fsp3) is 0.0769. The molecule has 5 heteroatoms. The minimum absolute atomic E-state index is 0.151. The van der Waals surface area contributed by atoms with Crippen LogP contribution in [0.25, 0.3) is 11.1 Å². The van der Waals surface area contributed by atoms with Crippen molar-refractivity contribution < 1.29 is 13.9 Å². The van der Waals surface area contributed by atoms with Crippen molar-refractivity contribution in [1.82, 2.24) is 0 Å². The van der Waals surface area contributed by atoms with Crippen LogP contribution in [0.3, 0.4) is 0 Å². The number of rotatable bonds is 2. The zero-order chi connectivity index (χ0) is 13.3. The van der Waals surface area contributed by atoms with E-state index in [9.17, 15) is 13.9 Å². The van der Waals surface area contributed by atoms with Gasteiger partial charge in [0.25, 0.3) is 0 Å². The molecule has 18 heavy (non-hydrogen) atoms. The lowest BCUT2D eigenvalue weighted by atomic mass is 9.99. The third-order valence-electron chi connectivity index (χ3n) is 2.57. The first-order valence-electron chi connectivity index (χ1n) is 5.07. The van der Waals surface area contributed by atoms with Gasteiger partial charge in [-0.1, -0.05) is 28.1 Å². The van der Waals surface area contributed by atoms with Gasteiger partial charge in [-0.15, -0.1) is 0 Å². The lowest BCUT2D eigenvalue weighted by Gasteiger charge is -2.10. The highest BCUT2D eigenvalue weighted by Gasteiger charge is 2.15. The molecule has 0 heterocycles. The Balaban J connectivity index is 2.69. The lowest BCUT2D eigenvalue weighted by molar-refractivity contribution is 0.282. The molecule has 1 N–H and O–H groups in total. The van der Waals surface area contributed by atoms with Crippen molar-refractivity contribution >= 4 is 38.5 Å². The van der Waals surface area contributed by atoms with E-state index in [-0.39, 0.29) is 15.7 Å². The number of halogens is 4. The molecule has 0 aliphatic rings. The molecule has 0 bridgehead atoms. The number of benzene rings is 2. The van der Waals surface area contributed by atoms with Gasteiger partial charge in [0.2, 0.25) is 0 Å².